The Morgan fingerprint density at radius 2 is 1.43 bits per heavy atom. The summed E-state index contributed by atoms with van der Waals surface area (Å²) >= 11 is 0. The van der Waals surface area contributed by atoms with Crippen molar-refractivity contribution < 1.29 is 0 Å². The molecule has 3 aromatic rings. The van der Waals surface area contributed by atoms with E-state index in [2.05, 4.69) is 75.8 Å². The van der Waals surface area contributed by atoms with Crippen molar-refractivity contribution in [2.24, 2.45) is 0 Å². The molecular weight excluding hydrogens is 256 g/mol. The first kappa shape index (κ1) is 14.1. The van der Waals surface area contributed by atoms with Crippen molar-refractivity contribution >= 4 is 21.9 Å². The number of hydrogen-bond acceptors (Lipinski definition) is 1. The summed E-state index contributed by atoms with van der Waals surface area (Å²) in [7, 11) is 0. The summed E-state index contributed by atoms with van der Waals surface area (Å²) in [4.78, 5) is 8.05. The minimum atomic E-state index is 0.117. The highest BCUT2D eigenvalue weighted by Gasteiger charge is 2.18. The molecule has 0 amide bonds. The zero-order valence-corrected chi connectivity index (χ0v) is 13.8. The second-order valence-corrected chi connectivity index (χ2v) is 8.01. The van der Waals surface area contributed by atoms with E-state index in [0.29, 0.717) is 0 Å². The molecule has 0 radical (unpaired) electrons. The number of nitrogens with one attached hydrogen (secondary N) is 1. The fraction of sp³-hybridized carbons (Fsp3) is 0.421. The van der Waals surface area contributed by atoms with Crippen LogP contribution in [0.15, 0.2) is 30.5 Å². The van der Waals surface area contributed by atoms with Gasteiger partial charge >= 0.3 is 0 Å². The van der Waals surface area contributed by atoms with Gasteiger partial charge in [0.25, 0.3) is 0 Å². The number of benzene rings is 1. The molecule has 2 heteroatoms. The predicted molar refractivity (Wildman–Crippen MR) is 91.0 cm³/mol. The number of fused-ring (bicyclic) bond motifs is 3. The summed E-state index contributed by atoms with van der Waals surface area (Å²) in [6, 6.07) is 8.98. The van der Waals surface area contributed by atoms with Crippen molar-refractivity contribution in [1.82, 2.24) is 9.97 Å². The third-order valence-electron chi connectivity index (χ3n) is 4.18. The first-order valence-corrected chi connectivity index (χ1v) is 7.59. The molecule has 110 valence electrons. The summed E-state index contributed by atoms with van der Waals surface area (Å²) in [5.74, 6) is 0. The maximum Gasteiger partial charge on any atom is 0.138 e. The topological polar surface area (TPSA) is 28.7 Å². The van der Waals surface area contributed by atoms with Crippen LogP contribution in [0.2, 0.25) is 0 Å². The lowest BCUT2D eigenvalue weighted by Gasteiger charge is -2.19. The van der Waals surface area contributed by atoms with Gasteiger partial charge in [-0.25, -0.2) is 4.98 Å². The smallest absolute Gasteiger partial charge is 0.138 e. The molecule has 1 N–H and O–H groups in total. The molecule has 0 bridgehead atoms. The summed E-state index contributed by atoms with van der Waals surface area (Å²) in [5, 5.41) is 2.50. The molecule has 2 nitrogen and oxygen atoms in total. The van der Waals surface area contributed by atoms with E-state index in [9.17, 15) is 0 Å². The van der Waals surface area contributed by atoms with E-state index in [1.165, 1.54) is 21.9 Å². The van der Waals surface area contributed by atoms with Gasteiger partial charge in [-0.3, -0.25) is 0 Å². The van der Waals surface area contributed by atoms with Crippen molar-refractivity contribution in [2.75, 3.05) is 0 Å². The van der Waals surface area contributed by atoms with Crippen LogP contribution in [0.25, 0.3) is 21.9 Å². The van der Waals surface area contributed by atoms with Gasteiger partial charge in [0.05, 0.1) is 0 Å². The average molecular weight is 280 g/mol. The number of pyridine rings is 1. The van der Waals surface area contributed by atoms with Crippen LogP contribution >= 0.6 is 0 Å². The first-order valence-electron chi connectivity index (χ1n) is 7.59. The molecule has 2 heterocycles. The Morgan fingerprint density at radius 1 is 0.810 bits per heavy atom. The summed E-state index contributed by atoms with van der Waals surface area (Å²) in [5.41, 5.74) is 5.05. The monoisotopic (exact) mass is 280 g/mol. The van der Waals surface area contributed by atoms with E-state index < -0.39 is 0 Å². The van der Waals surface area contributed by atoms with Crippen LogP contribution in [0, 0.1) is 0 Å². The van der Waals surface area contributed by atoms with Gasteiger partial charge in [-0.05, 0) is 40.2 Å². The third-order valence-corrected chi connectivity index (χ3v) is 4.18. The number of hydrogen-bond donors (Lipinski definition) is 1. The molecule has 1 aromatic carbocycles. The minimum Gasteiger partial charge on any atom is -0.339 e. The molecule has 0 aliphatic carbocycles. The lowest BCUT2D eigenvalue weighted by molar-refractivity contribution is 0.588. The van der Waals surface area contributed by atoms with Crippen LogP contribution in [0.5, 0.6) is 0 Å². The number of rotatable bonds is 0. The predicted octanol–water partition coefficient (Wildman–Crippen LogP) is 5.31. The third kappa shape index (κ3) is 2.44. The molecule has 0 fully saturated rings. The summed E-state index contributed by atoms with van der Waals surface area (Å²) in [6.07, 6.45) is 1.99. The zero-order chi connectivity index (χ0) is 15.4. The quantitative estimate of drug-likeness (QED) is 0.594. The van der Waals surface area contributed by atoms with Gasteiger partial charge in [0, 0.05) is 22.5 Å². The maximum absolute atomic E-state index is 4.62. The second-order valence-electron chi connectivity index (χ2n) is 8.01. The SMILES string of the molecule is CC(C)(C)c1ccc2[nH]c3ncc(C(C)(C)C)cc3c2c1. The van der Waals surface area contributed by atoms with Crippen molar-refractivity contribution in [3.63, 3.8) is 0 Å². The highest BCUT2D eigenvalue weighted by atomic mass is 14.8. The van der Waals surface area contributed by atoms with Crippen molar-refractivity contribution in [3.05, 3.63) is 41.6 Å². The molecule has 0 atom stereocenters. The van der Waals surface area contributed by atoms with Crippen LogP contribution < -0.4 is 0 Å². The van der Waals surface area contributed by atoms with Crippen molar-refractivity contribution in [1.29, 1.82) is 0 Å². The molecule has 21 heavy (non-hydrogen) atoms. The average Bonchev–Trinajstić information content (AvgIpc) is 2.73. The lowest BCUT2D eigenvalue weighted by atomic mass is 9.85. The van der Waals surface area contributed by atoms with Crippen LogP contribution in [0.4, 0.5) is 0 Å². The number of aromatic amines is 1. The van der Waals surface area contributed by atoms with E-state index in [1.54, 1.807) is 0 Å². The normalized spacial score (nSPS) is 13.2. The number of nitrogens with zero attached hydrogens (tertiary/aromatic N) is 1. The summed E-state index contributed by atoms with van der Waals surface area (Å²) < 4.78 is 0. The molecule has 0 unspecified atom stereocenters. The molecule has 2 aromatic heterocycles. The van der Waals surface area contributed by atoms with Crippen molar-refractivity contribution in [2.45, 2.75) is 52.4 Å². The molecular formula is C19H24N2. The van der Waals surface area contributed by atoms with Crippen LogP contribution in [-0.4, -0.2) is 9.97 Å². The van der Waals surface area contributed by atoms with Gasteiger partial charge in [-0.15, -0.1) is 0 Å². The van der Waals surface area contributed by atoms with Crippen LogP contribution in [-0.2, 0) is 10.8 Å². The molecule has 0 saturated heterocycles. The molecule has 3 rings (SSSR count). The van der Waals surface area contributed by atoms with Crippen molar-refractivity contribution in [3.8, 4) is 0 Å². The van der Waals surface area contributed by atoms with E-state index in [4.69, 9.17) is 0 Å². The van der Waals surface area contributed by atoms with Gasteiger partial charge in [0.15, 0.2) is 0 Å². The van der Waals surface area contributed by atoms with E-state index in [-0.39, 0.29) is 10.8 Å². The van der Waals surface area contributed by atoms with Gasteiger partial charge < -0.3 is 4.98 Å². The van der Waals surface area contributed by atoms with Gasteiger partial charge in [0.2, 0.25) is 0 Å². The Labute approximate surface area is 126 Å². The Bertz CT molecular complexity index is 743. The lowest BCUT2D eigenvalue weighted by Crippen LogP contribution is -2.11. The van der Waals surface area contributed by atoms with Crippen LogP contribution in [0.3, 0.4) is 0 Å². The molecule has 0 aliphatic heterocycles. The van der Waals surface area contributed by atoms with Gasteiger partial charge in [-0.1, -0.05) is 47.6 Å². The number of H-pyrrole nitrogens is 1. The molecule has 0 spiro atoms. The summed E-state index contributed by atoms with van der Waals surface area (Å²) in [6.45, 7) is 13.4. The highest BCUT2D eigenvalue weighted by Crippen LogP contribution is 2.32. The van der Waals surface area contributed by atoms with E-state index in [0.717, 1.165) is 11.2 Å². The highest BCUT2D eigenvalue weighted by molar-refractivity contribution is 6.06. The maximum atomic E-state index is 4.62. The van der Waals surface area contributed by atoms with E-state index in [1.807, 2.05) is 6.20 Å². The van der Waals surface area contributed by atoms with Gasteiger partial charge in [0.1, 0.15) is 5.65 Å². The Balaban J connectivity index is 2.31. The second kappa shape index (κ2) is 4.33. The Hall–Kier alpha value is -1.83. The Morgan fingerprint density at radius 3 is 2.05 bits per heavy atom. The fourth-order valence-corrected chi connectivity index (χ4v) is 2.65. The minimum absolute atomic E-state index is 0.117. The standard InChI is InChI=1S/C19H24N2/c1-18(2,3)12-7-8-16-14(9-12)15-10-13(19(4,5)6)11-20-17(15)21-16/h7-11H,1-6H3,(H,20,21). The van der Waals surface area contributed by atoms with Gasteiger partial charge in [-0.2, -0.15) is 0 Å². The zero-order valence-electron chi connectivity index (χ0n) is 13.8. The van der Waals surface area contributed by atoms with Crippen LogP contribution in [0.1, 0.15) is 52.7 Å². The number of aromatic nitrogens is 2. The largest absolute Gasteiger partial charge is 0.339 e. The Kier molecular flexibility index (Phi) is 2.91. The molecule has 0 aliphatic rings. The first-order chi connectivity index (χ1) is 9.66. The van der Waals surface area contributed by atoms with E-state index >= 15 is 0 Å². The fourth-order valence-electron chi connectivity index (χ4n) is 2.65. The molecule has 0 saturated carbocycles.